The average molecular weight is 256 g/mol. The molecule has 104 valence electrons. The monoisotopic (exact) mass is 256 g/mol. The second-order valence-corrected chi connectivity index (χ2v) is 5.33. The fraction of sp³-hybridized carbons (Fsp3) is 0.786. The van der Waals surface area contributed by atoms with Crippen LogP contribution in [0.5, 0.6) is 0 Å². The Kier molecular flexibility index (Phi) is 7.48. The Balaban J connectivity index is 4.52. The van der Waals surface area contributed by atoms with Gasteiger partial charge in [-0.1, -0.05) is 20.8 Å². The van der Waals surface area contributed by atoms with E-state index in [1.165, 1.54) is 14.0 Å². The summed E-state index contributed by atoms with van der Waals surface area (Å²) in [6, 6.07) is 0. The minimum absolute atomic E-state index is 0.00525. The van der Waals surface area contributed by atoms with Crippen molar-refractivity contribution in [2.24, 2.45) is 17.8 Å². The number of Topliss-reactive ketones (excluding diaryl/α,β-unsaturated/α-hetero) is 2. The largest absolute Gasteiger partial charge is 0.469 e. The van der Waals surface area contributed by atoms with Gasteiger partial charge in [-0.3, -0.25) is 9.59 Å². The van der Waals surface area contributed by atoms with Crippen molar-refractivity contribution >= 4 is 17.5 Å². The van der Waals surface area contributed by atoms with E-state index in [0.717, 1.165) is 0 Å². The van der Waals surface area contributed by atoms with Crippen LogP contribution in [0.15, 0.2) is 0 Å². The first-order chi connectivity index (χ1) is 8.27. The molecule has 0 fully saturated rings. The molecule has 18 heavy (non-hydrogen) atoms. The van der Waals surface area contributed by atoms with Crippen molar-refractivity contribution < 1.29 is 19.1 Å². The Morgan fingerprint density at radius 3 is 2.00 bits per heavy atom. The first-order valence-corrected chi connectivity index (χ1v) is 6.37. The molecule has 0 saturated heterocycles. The highest BCUT2D eigenvalue weighted by atomic mass is 16.5. The predicted molar refractivity (Wildman–Crippen MR) is 69.0 cm³/mol. The Morgan fingerprint density at radius 2 is 1.61 bits per heavy atom. The van der Waals surface area contributed by atoms with E-state index in [1.807, 2.05) is 13.8 Å². The maximum absolute atomic E-state index is 11.9. The number of methoxy groups -OCH3 is 1. The van der Waals surface area contributed by atoms with Crippen LogP contribution < -0.4 is 0 Å². The van der Waals surface area contributed by atoms with Gasteiger partial charge in [0.1, 0.15) is 11.6 Å². The summed E-state index contributed by atoms with van der Waals surface area (Å²) in [5.41, 5.74) is 0. The second-order valence-electron chi connectivity index (χ2n) is 5.33. The number of ketones is 2. The van der Waals surface area contributed by atoms with E-state index in [-0.39, 0.29) is 36.3 Å². The molecule has 4 heteroatoms. The van der Waals surface area contributed by atoms with Gasteiger partial charge in [-0.05, 0) is 19.3 Å². The third-order valence-corrected chi connectivity index (χ3v) is 2.88. The van der Waals surface area contributed by atoms with Crippen LogP contribution in [-0.4, -0.2) is 24.6 Å². The number of ether oxygens (including phenoxy) is 1. The van der Waals surface area contributed by atoms with Crippen molar-refractivity contribution in [3.8, 4) is 0 Å². The molecule has 0 aromatic carbocycles. The molecule has 0 saturated carbocycles. The van der Waals surface area contributed by atoms with Crippen LogP contribution in [-0.2, 0) is 19.1 Å². The van der Waals surface area contributed by atoms with E-state index in [1.54, 1.807) is 6.92 Å². The minimum Gasteiger partial charge on any atom is -0.469 e. The lowest BCUT2D eigenvalue weighted by Gasteiger charge is -2.17. The van der Waals surface area contributed by atoms with Crippen molar-refractivity contribution in [2.75, 3.05) is 7.11 Å². The van der Waals surface area contributed by atoms with Gasteiger partial charge in [0.25, 0.3) is 0 Å². The maximum Gasteiger partial charge on any atom is 0.309 e. The number of carbonyl (C=O) groups is 3. The van der Waals surface area contributed by atoms with Gasteiger partial charge in [-0.2, -0.15) is 0 Å². The van der Waals surface area contributed by atoms with Gasteiger partial charge in [0.2, 0.25) is 0 Å². The van der Waals surface area contributed by atoms with Crippen LogP contribution in [0.4, 0.5) is 0 Å². The summed E-state index contributed by atoms with van der Waals surface area (Å²) in [6.45, 7) is 7.20. The molecule has 0 unspecified atom stereocenters. The van der Waals surface area contributed by atoms with Crippen LogP contribution in [0.25, 0.3) is 0 Å². The number of carbonyl (C=O) groups excluding carboxylic acids is 3. The molecule has 0 aromatic heterocycles. The zero-order valence-corrected chi connectivity index (χ0v) is 12.0. The summed E-state index contributed by atoms with van der Waals surface area (Å²) >= 11 is 0. The van der Waals surface area contributed by atoms with E-state index in [4.69, 9.17) is 4.74 Å². The molecule has 0 bridgehead atoms. The van der Waals surface area contributed by atoms with E-state index in [2.05, 4.69) is 0 Å². The van der Waals surface area contributed by atoms with Gasteiger partial charge >= 0.3 is 5.97 Å². The zero-order chi connectivity index (χ0) is 14.3. The van der Waals surface area contributed by atoms with Crippen molar-refractivity contribution in [3.63, 3.8) is 0 Å². The van der Waals surface area contributed by atoms with Crippen molar-refractivity contribution in [2.45, 2.75) is 47.0 Å². The van der Waals surface area contributed by atoms with Gasteiger partial charge < -0.3 is 9.53 Å². The molecule has 0 radical (unpaired) electrons. The molecule has 0 heterocycles. The van der Waals surface area contributed by atoms with E-state index >= 15 is 0 Å². The third-order valence-electron chi connectivity index (χ3n) is 2.88. The highest BCUT2D eigenvalue weighted by Crippen LogP contribution is 2.20. The molecule has 0 aliphatic rings. The fourth-order valence-electron chi connectivity index (χ4n) is 1.99. The van der Waals surface area contributed by atoms with E-state index in [0.29, 0.717) is 12.3 Å². The zero-order valence-electron chi connectivity index (χ0n) is 12.0. The molecule has 4 nitrogen and oxygen atoms in total. The number of hydrogen-bond acceptors (Lipinski definition) is 4. The van der Waals surface area contributed by atoms with E-state index < -0.39 is 5.92 Å². The molecule has 0 aliphatic carbocycles. The molecular formula is C14H24O4. The van der Waals surface area contributed by atoms with Crippen molar-refractivity contribution in [1.29, 1.82) is 0 Å². The normalized spacial score (nSPS) is 14.1. The molecule has 0 rings (SSSR count). The van der Waals surface area contributed by atoms with Gasteiger partial charge in [0.05, 0.1) is 13.0 Å². The summed E-state index contributed by atoms with van der Waals surface area (Å²) < 4.78 is 4.72. The third kappa shape index (κ3) is 6.52. The number of esters is 1. The van der Waals surface area contributed by atoms with Gasteiger partial charge in [0, 0.05) is 18.8 Å². The van der Waals surface area contributed by atoms with E-state index in [9.17, 15) is 14.4 Å². The highest BCUT2D eigenvalue weighted by Gasteiger charge is 2.26. The molecular weight excluding hydrogens is 232 g/mol. The van der Waals surface area contributed by atoms with Crippen LogP contribution in [0.2, 0.25) is 0 Å². The summed E-state index contributed by atoms with van der Waals surface area (Å²) in [7, 11) is 1.33. The van der Waals surface area contributed by atoms with Crippen molar-refractivity contribution in [1.82, 2.24) is 0 Å². The summed E-state index contributed by atoms with van der Waals surface area (Å²) in [6.07, 6.45) is 1.04. The molecule has 2 atom stereocenters. The van der Waals surface area contributed by atoms with Gasteiger partial charge in [-0.25, -0.2) is 0 Å². The SMILES string of the molecule is COC(=O)[C@@H](CC(=O)[C@@H](C)CC(C)=O)CC(C)C. The molecule has 0 spiro atoms. The second kappa shape index (κ2) is 8.01. The Hall–Kier alpha value is -1.19. The predicted octanol–water partition coefficient (Wildman–Crippen LogP) is 2.40. The molecule has 0 amide bonds. The summed E-state index contributed by atoms with van der Waals surface area (Å²) in [4.78, 5) is 34.5. The maximum atomic E-state index is 11.9. The smallest absolute Gasteiger partial charge is 0.309 e. The number of rotatable bonds is 8. The Labute approximate surface area is 109 Å². The summed E-state index contributed by atoms with van der Waals surface area (Å²) in [5.74, 6) is -0.772. The van der Waals surface area contributed by atoms with Crippen LogP contribution in [0, 0.1) is 17.8 Å². The minimum atomic E-state index is -0.392. The Morgan fingerprint density at radius 1 is 1.06 bits per heavy atom. The van der Waals surface area contributed by atoms with Crippen LogP contribution >= 0.6 is 0 Å². The molecule has 0 aromatic rings. The first kappa shape index (κ1) is 16.8. The van der Waals surface area contributed by atoms with Crippen LogP contribution in [0.3, 0.4) is 0 Å². The average Bonchev–Trinajstić information content (AvgIpc) is 2.25. The topological polar surface area (TPSA) is 60.4 Å². The number of hydrogen-bond donors (Lipinski definition) is 0. The lowest BCUT2D eigenvalue weighted by atomic mass is 9.88. The lowest BCUT2D eigenvalue weighted by molar-refractivity contribution is -0.148. The lowest BCUT2D eigenvalue weighted by Crippen LogP contribution is -2.25. The summed E-state index contributed by atoms with van der Waals surface area (Å²) in [5, 5.41) is 0. The van der Waals surface area contributed by atoms with Gasteiger partial charge in [-0.15, -0.1) is 0 Å². The highest BCUT2D eigenvalue weighted by molar-refractivity contribution is 5.89. The molecule has 0 aliphatic heterocycles. The van der Waals surface area contributed by atoms with Crippen LogP contribution in [0.1, 0.15) is 47.0 Å². The first-order valence-electron chi connectivity index (χ1n) is 6.37. The Bertz CT molecular complexity index is 307. The van der Waals surface area contributed by atoms with Gasteiger partial charge in [0.15, 0.2) is 0 Å². The van der Waals surface area contributed by atoms with Crippen molar-refractivity contribution in [3.05, 3.63) is 0 Å². The standard InChI is InChI=1S/C14H24O4/c1-9(2)6-12(14(17)18-5)8-13(16)10(3)7-11(4)15/h9-10,12H,6-8H2,1-5H3/t10-,12+/m0/s1. The quantitative estimate of drug-likeness (QED) is 0.626. The fourth-order valence-corrected chi connectivity index (χ4v) is 1.99. The molecule has 0 N–H and O–H groups in total.